The van der Waals surface area contributed by atoms with Crippen LogP contribution in [0.5, 0.6) is 0 Å². The highest BCUT2D eigenvalue weighted by atomic mass is 32.1. The van der Waals surface area contributed by atoms with E-state index in [1.807, 2.05) is 16.1 Å². The Bertz CT molecular complexity index is 603. The van der Waals surface area contributed by atoms with Crippen molar-refractivity contribution in [2.75, 3.05) is 0 Å². The van der Waals surface area contributed by atoms with E-state index in [1.165, 1.54) is 4.88 Å². The van der Waals surface area contributed by atoms with E-state index < -0.39 is 12.0 Å². The molecule has 3 heterocycles. The summed E-state index contributed by atoms with van der Waals surface area (Å²) in [5, 5.41) is 12.3. The van der Waals surface area contributed by atoms with Crippen molar-refractivity contribution < 1.29 is 13.9 Å². The normalized spacial score (nSPS) is 25.1. The number of hydrogen-bond donors (Lipinski definition) is 1. The van der Waals surface area contributed by atoms with E-state index in [-0.39, 0.29) is 24.8 Å². The molecule has 0 spiro atoms. The summed E-state index contributed by atoms with van der Waals surface area (Å²) in [4.78, 5) is 5.35. The third kappa shape index (κ3) is 1.74. The Morgan fingerprint density at radius 1 is 1.50 bits per heavy atom. The number of thiophene rings is 1. The number of aliphatic hydroxyl groups excluding tert-OH is 1. The van der Waals surface area contributed by atoms with E-state index >= 15 is 0 Å². The SMILES string of the molecule is O[C@H](C[C@@H]1c2sccc2-c2cncn21)C1CC(F)(F)C1. The van der Waals surface area contributed by atoms with Crippen molar-refractivity contribution in [2.24, 2.45) is 5.92 Å². The molecule has 1 saturated carbocycles. The molecule has 6 heteroatoms. The average molecular weight is 296 g/mol. The van der Waals surface area contributed by atoms with Gasteiger partial charge in [-0.05, 0) is 23.8 Å². The molecule has 2 atom stereocenters. The number of imidazole rings is 1. The number of halogens is 2. The van der Waals surface area contributed by atoms with Gasteiger partial charge in [0.25, 0.3) is 0 Å². The first kappa shape index (κ1) is 12.5. The van der Waals surface area contributed by atoms with Crippen LogP contribution in [0.25, 0.3) is 11.3 Å². The number of fused-ring (bicyclic) bond motifs is 3. The Hall–Kier alpha value is -1.27. The van der Waals surface area contributed by atoms with E-state index in [0.717, 1.165) is 11.3 Å². The lowest BCUT2D eigenvalue weighted by molar-refractivity contribution is -0.143. The molecule has 0 amide bonds. The maximum absolute atomic E-state index is 12.9. The monoisotopic (exact) mass is 296 g/mol. The molecular weight excluding hydrogens is 282 g/mol. The Morgan fingerprint density at radius 2 is 2.30 bits per heavy atom. The van der Waals surface area contributed by atoms with Crippen LogP contribution < -0.4 is 0 Å². The standard InChI is InChI=1S/C14H14F2N2OS/c15-14(16)4-8(5-14)12(19)3-10-13-9(1-2-20-13)11-6-17-7-18(10)11/h1-2,6-8,10,12,19H,3-5H2/t10-,12-/m1/s1. The predicted molar refractivity (Wildman–Crippen MR) is 72.0 cm³/mol. The third-order valence-electron chi connectivity index (χ3n) is 4.41. The number of aromatic nitrogens is 2. The second kappa shape index (κ2) is 4.11. The molecule has 0 bridgehead atoms. The molecule has 1 fully saturated rings. The zero-order valence-corrected chi connectivity index (χ0v) is 11.5. The van der Waals surface area contributed by atoms with Gasteiger partial charge in [-0.15, -0.1) is 11.3 Å². The zero-order chi connectivity index (χ0) is 13.9. The maximum Gasteiger partial charge on any atom is 0.248 e. The molecule has 0 unspecified atom stereocenters. The number of nitrogens with zero attached hydrogens (tertiary/aromatic N) is 2. The summed E-state index contributed by atoms with van der Waals surface area (Å²) in [7, 11) is 0. The van der Waals surface area contributed by atoms with Gasteiger partial charge in [0.05, 0.1) is 30.4 Å². The van der Waals surface area contributed by atoms with Crippen LogP contribution in [0.4, 0.5) is 8.78 Å². The summed E-state index contributed by atoms with van der Waals surface area (Å²) in [6.07, 6.45) is 3.01. The highest BCUT2D eigenvalue weighted by Gasteiger charge is 2.49. The van der Waals surface area contributed by atoms with Gasteiger partial charge < -0.3 is 9.67 Å². The first-order valence-corrected chi connectivity index (χ1v) is 7.58. The van der Waals surface area contributed by atoms with Crippen molar-refractivity contribution >= 4 is 11.3 Å². The van der Waals surface area contributed by atoms with Gasteiger partial charge >= 0.3 is 0 Å². The molecule has 20 heavy (non-hydrogen) atoms. The second-order valence-electron chi connectivity index (χ2n) is 5.73. The van der Waals surface area contributed by atoms with Crippen molar-refractivity contribution in [3.63, 3.8) is 0 Å². The topological polar surface area (TPSA) is 38.1 Å². The predicted octanol–water partition coefficient (Wildman–Crippen LogP) is 3.31. The summed E-state index contributed by atoms with van der Waals surface area (Å²) in [5.41, 5.74) is 2.21. The smallest absolute Gasteiger partial charge is 0.248 e. The molecule has 0 saturated heterocycles. The lowest BCUT2D eigenvalue weighted by Gasteiger charge is -2.38. The van der Waals surface area contributed by atoms with E-state index in [1.54, 1.807) is 17.7 Å². The van der Waals surface area contributed by atoms with Crippen LogP contribution in [0.3, 0.4) is 0 Å². The molecule has 1 aliphatic carbocycles. The molecule has 1 aliphatic heterocycles. The molecule has 0 radical (unpaired) electrons. The Balaban J connectivity index is 1.56. The number of hydrogen-bond acceptors (Lipinski definition) is 3. The third-order valence-corrected chi connectivity index (χ3v) is 5.42. The Labute approximate surface area is 118 Å². The number of rotatable bonds is 3. The summed E-state index contributed by atoms with van der Waals surface area (Å²) in [5.74, 6) is -2.85. The van der Waals surface area contributed by atoms with Gasteiger partial charge in [-0.25, -0.2) is 13.8 Å². The first-order chi connectivity index (χ1) is 9.55. The van der Waals surface area contributed by atoms with E-state index in [9.17, 15) is 13.9 Å². The second-order valence-corrected chi connectivity index (χ2v) is 6.68. The van der Waals surface area contributed by atoms with Crippen LogP contribution in [0.2, 0.25) is 0 Å². The van der Waals surface area contributed by atoms with Crippen LogP contribution in [-0.2, 0) is 0 Å². The summed E-state index contributed by atoms with van der Waals surface area (Å²) >= 11 is 1.65. The maximum atomic E-state index is 12.9. The van der Waals surface area contributed by atoms with Crippen LogP contribution in [0.15, 0.2) is 24.0 Å². The van der Waals surface area contributed by atoms with E-state index in [4.69, 9.17) is 0 Å². The minimum absolute atomic E-state index is 0.0340. The fraction of sp³-hybridized carbons (Fsp3) is 0.500. The van der Waals surface area contributed by atoms with Crippen LogP contribution in [0, 0.1) is 5.92 Å². The van der Waals surface area contributed by atoms with Gasteiger partial charge in [0, 0.05) is 23.3 Å². The van der Waals surface area contributed by atoms with Crippen molar-refractivity contribution in [2.45, 2.75) is 37.3 Å². The van der Waals surface area contributed by atoms with Crippen LogP contribution in [0.1, 0.15) is 30.2 Å². The molecule has 1 N–H and O–H groups in total. The quantitative estimate of drug-likeness (QED) is 0.943. The number of alkyl halides is 2. The highest BCUT2D eigenvalue weighted by molar-refractivity contribution is 7.10. The van der Waals surface area contributed by atoms with Gasteiger partial charge in [0.15, 0.2) is 0 Å². The Kier molecular flexibility index (Phi) is 2.57. The first-order valence-electron chi connectivity index (χ1n) is 6.71. The Morgan fingerprint density at radius 3 is 3.05 bits per heavy atom. The van der Waals surface area contributed by atoms with Crippen LogP contribution >= 0.6 is 11.3 Å². The minimum atomic E-state index is -2.57. The summed E-state index contributed by atoms with van der Waals surface area (Å²) in [6, 6.07) is 2.09. The van der Waals surface area contributed by atoms with Gasteiger partial charge in [-0.3, -0.25) is 0 Å². The molecule has 4 rings (SSSR count). The molecule has 3 nitrogen and oxygen atoms in total. The lowest BCUT2D eigenvalue weighted by atomic mass is 9.76. The van der Waals surface area contributed by atoms with Gasteiger partial charge in [0.1, 0.15) is 0 Å². The molecular formula is C14H14F2N2OS. The van der Waals surface area contributed by atoms with Crippen LogP contribution in [-0.4, -0.2) is 26.7 Å². The number of aliphatic hydroxyl groups is 1. The van der Waals surface area contributed by atoms with E-state index in [2.05, 4.69) is 11.1 Å². The van der Waals surface area contributed by atoms with Crippen molar-refractivity contribution in [3.05, 3.63) is 28.8 Å². The molecule has 2 aromatic rings. The zero-order valence-electron chi connectivity index (χ0n) is 10.7. The average Bonchev–Trinajstić information content (AvgIpc) is 3.02. The lowest BCUT2D eigenvalue weighted by Crippen LogP contribution is -2.42. The van der Waals surface area contributed by atoms with Gasteiger partial charge in [0.2, 0.25) is 5.92 Å². The molecule has 0 aromatic carbocycles. The fourth-order valence-electron chi connectivity index (χ4n) is 3.30. The highest BCUT2D eigenvalue weighted by Crippen LogP contribution is 2.49. The van der Waals surface area contributed by atoms with Gasteiger partial charge in [-0.1, -0.05) is 0 Å². The van der Waals surface area contributed by atoms with Crippen molar-refractivity contribution in [3.8, 4) is 11.3 Å². The molecule has 2 aromatic heterocycles. The summed E-state index contributed by atoms with van der Waals surface area (Å²) < 4.78 is 27.9. The minimum Gasteiger partial charge on any atom is -0.393 e. The van der Waals surface area contributed by atoms with Crippen molar-refractivity contribution in [1.82, 2.24) is 9.55 Å². The van der Waals surface area contributed by atoms with Gasteiger partial charge in [-0.2, -0.15) is 0 Å². The molecule has 106 valence electrons. The molecule has 2 aliphatic rings. The van der Waals surface area contributed by atoms with E-state index in [0.29, 0.717) is 6.42 Å². The fourth-order valence-corrected chi connectivity index (χ4v) is 4.32. The van der Waals surface area contributed by atoms with Crippen molar-refractivity contribution in [1.29, 1.82) is 0 Å². The largest absolute Gasteiger partial charge is 0.393 e. The summed E-state index contributed by atoms with van der Waals surface area (Å²) in [6.45, 7) is 0.